The zero-order chi connectivity index (χ0) is 14.5. The third-order valence-electron chi connectivity index (χ3n) is 3.24. The van der Waals surface area contributed by atoms with Crippen LogP contribution in [0.15, 0.2) is 78.9 Å². The van der Waals surface area contributed by atoms with Gasteiger partial charge in [-0.3, -0.25) is 0 Å². The molecule has 0 amide bonds. The molecule has 0 fully saturated rings. The second-order valence-electron chi connectivity index (χ2n) is 4.67. The van der Waals surface area contributed by atoms with Gasteiger partial charge < -0.3 is 9.47 Å². The number of hydrogen-bond donors (Lipinski definition) is 0. The Morgan fingerprint density at radius 1 is 0.571 bits per heavy atom. The van der Waals surface area contributed by atoms with E-state index in [1.807, 2.05) is 60.7 Å². The molecule has 0 saturated heterocycles. The second-order valence-corrected chi connectivity index (χ2v) is 4.67. The molecule has 0 atom stereocenters. The lowest BCUT2D eigenvalue weighted by molar-refractivity contribution is 0.413. The van der Waals surface area contributed by atoms with Crippen molar-refractivity contribution in [3.8, 4) is 28.4 Å². The van der Waals surface area contributed by atoms with Crippen molar-refractivity contribution < 1.29 is 9.47 Å². The Balaban J connectivity index is 1.83. The van der Waals surface area contributed by atoms with Crippen LogP contribution in [0, 0.1) is 0 Å². The molecule has 0 bridgehead atoms. The Labute approximate surface area is 124 Å². The predicted molar refractivity (Wildman–Crippen MR) is 84.9 cm³/mol. The van der Waals surface area contributed by atoms with Crippen molar-refractivity contribution in [3.05, 3.63) is 78.9 Å². The van der Waals surface area contributed by atoms with E-state index in [4.69, 9.17) is 9.47 Å². The van der Waals surface area contributed by atoms with Crippen molar-refractivity contribution >= 4 is 0 Å². The summed E-state index contributed by atoms with van der Waals surface area (Å²) in [5.74, 6) is 2.43. The second kappa shape index (κ2) is 6.14. The van der Waals surface area contributed by atoms with E-state index in [0.717, 1.165) is 22.8 Å². The average molecular weight is 276 g/mol. The molecule has 0 aliphatic carbocycles. The third kappa shape index (κ3) is 3.23. The summed E-state index contributed by atoms with van der Waals surface area (Å²) >= 11 is 0. The van der Waals surface area contributed by atoms with Crippen LogP contribution in [0.3, 0.4) is 0 Å². The summed E-state index contributed by atoms with van der Waals surface area (Å²) in [7, 11) is 1.65. The van der Waals surface area contributed by atoms with Gasteiger partial charge in [-0.15, -0.1) is 0 Å². The van der Waals surface area contributed by atoms with E-state index in [1.54, 1.807) is 7.11 Å². The highest BCUT2D eigenvalue weighted by Crippen LogP contribution is 2.28. The highest BCUT2D eigenvalue weighted by atomic mass is 16.5. The molecule has 21 heavy (non-hydrogen) atoms. The van der Waals surface area contributed by atoms with Gasteiger partial charge >= 0.3 is 0 Å². The minimum absolute atomic E-state index is 0.793. The normalized spacial score (nSPS) is 10.1. The minimum atomic E-state index is 0.793. The summed E-state index contributed by atoms with van der Waals surface area (Å²) in [5.41, 5.74) is 2.32. The van der Waals surface area contributed by atoms with Crippen molar-refractivity contribution in [2.75, 3.05) is 7.11 Å². The van der Waals surface area contributed by atoms with Crippen LogP contribution in [-0.2, 0) is 0 Å². The maximum atomic E-state index is 5.88. The van der Waals surface area contributed by atoms with E-state index >= 15 is 0 Å². The molecule has 3 aromatic rings. The van der Waals surface area contributed by atoms with E-state index in [1.165, 1.54) is 5.56 Å². The Morgan fingerprint density at radius 2 is 1.24 bits per heavy atom. The molecule has 0 aliphatic rings. The zero-order valence-electron chi connectivity index (χ0n) is 11.8. The van der Waals surface area contributed by atoms with Gasteiger partial charge in [0.25, 0.3) is 0 Å². The van der Waals surface area contributed by atoms with Gasteiger partial charge in [0.1, 0.15) is 17.2 Å². The highest BCUT2D eigenvalue weighted by Gasteiger charge is 2.01. The molecule has 0 aromatic heterocycles. The van der Waals surface area contributed by atoms with Crippen LogP contribution in [0.25, 0.3) is 11.1 Å². The molecule has 0 spiro atoms. The molecular formula is C19H16O2. The molecule has 3 aromatic carbocycles. The predicted octanol–water partition coefficient (Wildman–Crippen LogP) is 5.15. The van der Waals surface area contributed by atoms with Crippen molar-refractivity contribution in [2.24, 2.45) is 0 Å². The van der Waals surface area contributed by atoms with Crippen molar-refractivity contribution in [2.45, 2.75) is 0 Å². The van der Waals surface area contributed by atoms with Crippen molar-refractivity contribution in [3.63, 3.8) is 0 Å². The van der Waals surface area contributed by atoms with Crippen LogP contribution in [0.5, 0.6) is 17.2 Å². The first-order valence-electron chi connectivity index (χ1n) is 6.82. The van der Waals surface area contributed by atoms with E-state index in [0.29, 0.717) is 0 Å². The number of ether oxygens (including phenoxy) is 2. The van der Waals surface area contributed by atoms with Gasteiger partial charge in [-0.1, -0.05) is 42.5 Å². The summed E-state index contributed by atoms with van der Waals surface area (Å²) in [5, 5.41) is 0. The lowest BCUT2D eigenvalue weighted by Gasteiger charge is -2.08. The maximum Gasteiger partial charge on any atom is 0.128 e. The number of rotatable bonds is 4. The molecule has 2 heteroatoms. The molecule has 3 rings (SSSR count). The SMILES string of the molecule is COc1ccc(Oc2cccc(-c3ccccc3)c2)cc1. The molecule has 2 nitrogen and oxygen atoms in total. The summed E-state index contributed by atoms with van der Waals surface area (Å²) in [6.45, 7) is 0. The number of benzene rings is 3. The standard InChI is InChI=1S/C19H16O2/c1-20-17-10-12-18(13-11-17)21-19-9-5-8-16(14-19)15-6-3-2-4-7-15/h2-14H,1H3. The fraction of sp³-hybridized carbons (Fsp3) is 0.0526. The van der Waals surface area contributed by atoms with Gasteiger partial charge in [0.15, 0.2) is 0 Å². The molecule has 104 valence electrons. The lowest BCUT2D eigenvalue weighted by atomic mass is 10.1. The Bertz CT molecular complexity index is 703. The first kappa shape index (κ1) is 13.3. The van der Waals surface area contributed by atoms with Crippen LogP contribution in [0.4, 0.5) is 0 Å². The number of hydrogen-bond acceptors (Lipinski definition) is 2. The largest absolute Gasteiger partial charge is 0.497 e. The minimum Gasteiger partial charge on any atom is -0.497 e. The fourth-order valence-electron chi connectivity index (χ4n) is 2.15. The monoisotopic (exact) mass is 276 g/mol. The van der Waals surface area contributed by atoms with Crippen molar-refractivity contribution in [1.29, 1.82) is 0 Å². The quantitative estimate of drug-likeness (QED) is 0.655. The van der Waals surface area contributed by atoms with Gasteiger partial charge in [-0.2, -0.15) is 0 Å². The first-order valence-corrected chi connectivity index (χ1v) is 6.82. The fourth-order valence-corrected chi connectivity index (χ4v) is 2.15. The van der Waals surface area contributed by atoms with Crippen LogP contribution in [0.1, 0.15) is 0 Å². The molecule has 0 saturated carbocycles. The van der Waals surface area contributed by atoms with Crippen LogP contribution >= 0.6 is 0 Å². The Hall–Kier alpha value is -2.74. The summed E-state index contributed by atoms with van der Waals surface area (Å²) < 4.78 is 11.0. The van der Waals surface area contributed by atoms with Gasteiger partial charge in [0.2, 0.25) is 0 Å². The van der Waals surface area contributed by atoms with Gasteiger partial charge in [0.05, 0.1) is 7.11 Å². The third-order valence-corrected chi connectivity index (χ3v) is 3.24. The highest BCUT2D eigenvalue weighted by molar-refractivity contribution is 5.65. The lowest BCUT2D eigenvalue weighted by Crippen LogP contribution is -1.86. The van der Waals surface area contributed by atoms with E-state index in [2.05, 4.69) is 18.2 Å². The Kier molecular flexibility index (Phi) is 3.88. The van der Waals surface area contributed by atoms with E-state index in [9.17, 15) is 0 Å². The molecule has 0 N–H and O–H groups in total. The Morgan fingerprint density at radius 3 is 1.95 bits per heavy atom. The summed E-state index contributed by atoms with van der Waals surface area (Å²) in [6, 6.07) is 25.9. The van der Waals surface area contributed by atoms with Gasteiger partial charge in [-0.05, 0) is 47.5 Å². The molecule has 0 heterocycles. The molecule has 0 radical (unpaired) electrons. The zero-order valence-corrected chi connectivity index (χ0v) is 11.8. The maximum absolute atomic E-state index is 5.88. The number of methoxy groups -OCH3 is 1. The van der Waals surface area contributed by atoms with Gasteiger partial charge in [-0.25, -0.2) is 0 Å². The molecule has 0 unspecified atom stereocenters. The van der Waals surface area contributed by atoms with Crippen LogP contribution in [-0.4, -0.2) is 7.11 Å². The van der Waals surface area contributed by atoms with Crippen molar-refractivity contribution in [1.82, 2.24) is 0 Å². The topological polar surface area (TPSA) is 18.5 Å². The molecular weight excluding hydrogens is 260 g/mol. The summed E-state index contributed by atoms with van der Waals surface area (Å²) in [6.07, 6.45) is 0. The summed E-state index contributed by atoms with van der Waals surface area (Å²) in [4.78, 5) is 0. The van der Waals surface area contributed by atoms with Crippen LogP contribution < -0.4 is 9.47 Å². The first-order chi connectivity index (χ1) is 10.3. The van der Waals surface area contributed by atoms with E-state index < -0.39 is 0 Å². The van der Waals surface area contributed by atoms with Gasteiger partial charge in [0, 0.05) is 0 Å². The average Bonchev–Trinajstić information content (AvgIpc) is 2.57. The smallest absolute Gasteiger partial charge is 0.128 e. The van der Waals surface area contributed by atoms with E-state index in [-0.39, 0.29) is 0 Å². The molecule has 0 aliphatic heterocycles. The van der Waals surface area contributed by atoms with Crippen LogP contribution in [0.2, 0.25) is 0 Å².